The fourth-order valence-electron chi connectivity index (χ4n) is 4.39. The minimum atomic E-state index is 0.480. The first-order valence-corrected chi connectivity index (χ1v) is 6.93. The van der Waals surface area contributed by atoms with Crippen LogP contribution in [0.2, 0.25) is 0 Å². The summed E-state index contributed by atoms with van der Waals surface area (Å²) >= 11 is 0. The van der Waals surface area contributed by atoms with Crippen LogP contribution in [0.1, 0.15) is 52.9 Å². The zero-order valence-electron chi connectivity index (χ0n) is 10.9. The van der Waals surface area contributed by atoms with Gasteiger partial charge in [0.15, 0.2) is 0 Å². The molecule has 0 N–H and O–H groups in total. The Labute approximate surface area is 99.3 Å². The Morgan fingerprint density at radius 1 is 1.31 bits per heavy atom. The van der Waals surface area contributed by atoms with E-state index in [1.165, 1.54) is 32.1 Å². The number of rotatable bonds is 0. The second-order valence-electron chi connectivity index (χ2n) is 6.54. The van der Waals surface area contributed by atoms with Crippen LogP contribution in [-0.2, 0) is 4.74 Å². The van der Waals surface area contributed by atoms with Gasteiger partial charge in [-0.15, -0.1) is 0 Å². The van der Waals surface area contributed by atoms with Crippen molar-refractivity contribution in [1.82, 2.24) is 0 Å². The molecule has 2 fully saturated rings. The molecule has 0 spiro atoms. The van der Waals surface area contributed by atoms with Gasteiger partial charge in [-0.1, -0.05) is 19.4 Å². The molecule has 0 radical (unpaired) electrons. The summed E-state index contributed by atoms with van der Waals surface area (Å²) < 4.78 is 6.12. The molecule has 1 aliphatic heterocycles. The summed E-state index contributed by atoms with van der Waals surface area (Å²) in [7, 11) is 0. The van der Waals surface area contributed by atoms with Crippen molar-refractivity contribution >= 4 is 0 Å². The molecule has 1 saturated heterocycles. The van der Waals surface area contributed by atoms with Crippen LogP contribution in [0.5, 0.6) is 0 Å². The zero-order chi connectivity index (χ0) is 11.3. The van der Waals surface area contributed by atoms with E-state index in [1.807, 2.05) is 0 Å². The van der Waals surface area contributed by atoms with Crippen LogP contribution in [0.3, 0.4) is 0 Å². The van der Waals surface area contributed by atoms with Crippen molar-refractivity contribution < 1.29 is 4.74 Å². The third kappa shape index (κ3) is 1.40. The van der Waals surface area contributed by atoms with Crippen LogP contribution in [0.15, 0.2) is 11.1 Å². The van der Waals surface area contributed by atoms with Gasteiger partial charge in [0, 0.05) is 0 Å². The van der Waals surface area contributed by atoms with Crippen LogP contribution in [0.25, 0.3) is 0 Å². The van der Waals surface area contributed by atoms with Crippen molar-refractivity contribution in [3.63, 3.8) is 0 Å². The molecule has 16 heavy (non-hydrogen) atoms. The summed E-state index contributed by atoms with van der Waals surface area (Å²) in [4.78, 5) is 0. The minimum Gasteiger partial charge on any atom is -0.373 e. The largest absolute Gasteiger partial charge is 0.373 e. The number of ether oxygens (including phenoxy) is 1. The zero-order valence-corrected chi connectivity index (χ0v) is 10.9. The molecule has 1 heteroatoms. The van der Waals surface area contributed by atoms with Crippen LogP contribution in [0, 0.1) is 17.3 Å². The third-order valence-corrected chi connectivity index (χ3v) is 5.36. The van der Waals surface area contributed by atoms with Gasteiger partial charge in [-0.3, -0.25) is 0 Å². The van der Waals surface area contributed by atoms with Gasteiger partial charge in [0.25, 0.3) is 0 Å². The van der Waals surface area contributed by atoms with Crippen molar-refractivity contribution in [2.45, 2.75) is 59.0 Å². The molecule has 0 amide bonds. The van der Waals surface area contributed by atoms with E-state index in [0.717, 1.165) is 18.4 Å². The average Bonchev–Trinajstić information content (AvgIpc) is 2.59. The van der Waals surface area contributed by atoms with E-state index in [1.54, 1.807) is 11.1 Å². The number of fused-ring (bicyclic) bond motifs is 3. The Kier molecular flexibility index (Phi) is 2.43. The van der Waals surface area contributed by atoms with Gasteiger partial charge in [0.2, 0.25) is 0 Å². The first kappa shape index (κ1) is 10.8. The van der Waals surface area contributed by atoms with Crippen molar-refractivity contribution in [2.24, 2.45) is 17.3 Å². The molecule has 1 heterocycles. The van der Waals surface area contributed by atoms with Gasteiger partial charge in [-0.2, -0.15) is 0 Å². The van der Waals surface area contributed by atoms with E-state index in [-0.39, 0.29) is 0 Å². The lowest BCUT2D eigenvalue weighted by Crippen LogP contribution is -2.40. The number of hydrogen-bond acceptors (Lipinski definition) is 1. The highest BCUT2D eigenvalue weighted by Gasteiger charge is 2.48. The summed E-state index contributed by atoms with van der Waals surface area (Å²) in [6.45, 7) is 8.18. The maximum absolute atomic E-state index is 6.12. The molecule has 1 unspecified atom stereocenters. The Hall–Kier alpha value is -0.300. The molecule has 2 aliphatic carbocycles. The number of hydrogen-bond donors (Lipinski definition) is 0. The summed E-state index contributed by atoms with van der Waals surface area (Å²) in [6.07, 6.45) is 7.35. The molecule has 4 atom stereocenters. The van der Waals surface area contributed by atoms with E-state index >= 15 is 0 Å². The highest BCUT2D eigenvalue weighted by molar-refractivity contribution is 5.31. The summed E-state index contributed by atoms with van der Waals surface area (Å²) in [5.41, 5.74) is 3.84. The maximum Gasteiger partial charge on any atom is 0.0824 e. The molecule has 1 saturated carbocycles. The molecule has 1 nitrogen and oxygen atoms in total. The van der Waals surface area contributed by atoms with Gasteiger partial charge in [0.1, 0.15) is 0 Å². The van der Waals surface area contributed by atoms with Gasteiger partial charge >= 0.3 is 0 Å². The van der Waals surface area contributed by atoms with Crippen LogP contribution >= 0.6 is 0 Å². The van der Waals surface area contributed by atoms with E-state index in [9.17, 15) is 0 Å². The third-order valence-electron chi connectivity index (χ3n) is 5.36. The van der Waals surface area contributed by atoms with Crippen molar-refractivity contribution in [1.29, 1.82) is 0 Å². The average molecular weight is 220 g/mol. The predicted molar refractivity (Wildman–Crippen MR) is 66.3 cm³/mol. The molecular formula is C15H24O. The molecule has 0 aromatic heterocycles. The molecule has 3 aliphatic rings. The second-order valence-corrected chi connectivity index (χ2v) is 6.54. The summed E-state index contributed by atoms with van der Waals surface area (Å²) in [5, 5.41) is 0. The fraction of sp³-hybridized carbons (Fsp3) is 0.867. The second kappa shape index (κ2) is 3.60. The molecule has 0 aromatic carbocycles. The normalized spacial score (nSPS) is 47.8. The molecule has 90 valence electrons. The molecule has 3 rings (SSSR count). The molecule has 0 aromatic rings. The van der Waals surface area contributed by atoms with Crippen molar-refractivity contribution in [3.05, 3.63) is 11.1 Å². The number of allylic oxidation sites excluding steroid dienone is 1. The van der Waals surface area contributed by atoms with Gasteiger partial charge < -0.3 is 4.74 Å². The maximum atomic E-state index is 6.12. The fourth-order valence-corrected chi connectivity index (χ4v) is 4.39. The van der Waals surface area contributed by atoms with Crippen LogP contribution < -0.4 is 0 Å². The van der Waals surface area contributed by atoms with E-state index in [2.05, 4.69) is 20.8 Å². The van der Waals surface area contributed by atoms with Gasteiger partial charge in [-0.25, -0.2) is 0 Å². The van der Waals surface area contributed by atoms with Crippen LogP contribution in [0.4, 0.5) is 0 Å². The van der Waals surface area contributed by atoms with E-state index in [4.69, 9.17) is 4.74 Å². The Balaban J connectivity index is 2.00. The van der Waals surface area contributed by atoms with E-state index in [0.29, 0.717) is 11.5 Å². The van der Waals surface area contributed by atoms with Crippen molar-refractivity contribution in [3.8, 4) is 0 Å². The summed E-state index contributed by atoms with van der Waals surface area (Å²) in [5.74, 6) is 1.59. The van der Waals surface area contributed by atoms with Gasteiger partial charge in [-0.05, 0) is 61.9 Å². The Bertz CT molecular complexity index is 330. The highest BCUT2D eigenvalue weighted by Crippen LogP contribution is 2.55. The molecule has 0 bridgehead atoms. The van der Waals surface area contributed by atoms with Gasteiger partial charge in [0.05, 0.1) is 12.7 Å². The quantitative estimate of drug-likeness (QED) is 0.562. The monoisotopic (exact) mass is 220 g/mol. The lowest BCUT2D eigenvalue weighted by Gasteiger charge is -2.46. The van der Waals surface area contributed by atoms with Crippen LogP contribution in [-0.4, -0.2) is 12.7 Å². The predicted octanol–water partition coefficient (Wildman–Crippen LogP) is 3.94. The Morgan fingerprint density at radius 3 is 2.94 bits per heavy atom. The highest BCUT2D eigenvalue weighted by atomic mass is 16.5. The minimum absolute atomic E-state index is 0.480. The lowest BCUT2D eigenvalue weighted by atomic mass is 9.59. The SMILES string of the molecule is CC1=C2[C@@H]3OCC(C)[C@@H]3CC[C@@]2(C)CCC1. The smallest absolute Gasteiger partial charge is 0.0824 e. The molecular weight excluding hydrogens is 196 g/mol. The standard InChI is InChI=1S/C15H24O/c1-10-5-4-7-15(3)8-6-12-11(2)9-16-14(12)13(10)15/h11-12,14H,4-9H2,1-3H3/t11?,12-,14+,15+/m0/s1. The lowest BCUT2D eigenvalue weighted by molar-refractivity contribution is 0.0623. The topological polar surface area (TPSA) is 9.23 Å². The Morgan fingerprint density at radius 2 is 2.12 bits per heavy atom. The van der Waals surface area contributed by atoms with Crippen molar-refractivity contribution in [2.75, 3.05) is 6.61 Å². The first-order chi connectivity index (χ1) is 7.62. The summed E-state index contributed by atoms with van der Waals surface area (Å²) in [6, 6.07) is 0. The van der Waals surface area contributed by atoms with E-state index < -0.39 is 0 Å². The first-order valence-electron chi connectivity index (χ1n) is 6.93.